The molecule has 1 rings (SSSR count). The van der Waals surface area contributed by atoms with Crippen molar-refractivity contribution >= 4 is 5.84 Å². The van der Waals surface area contributed by atoms with Crippen LogP contribution in [0, 0.1) is 10.8 Å². The van der Waals surface area contributed by atoms with E-state index in [1.165, 1.54) is 19.3 Å². The summed E-state index contributed by atoms with van der Waals surface area (Å²) in [6, 6.07) is 0.427. The number of nitrogens with one attached hydrogen (secondary N) is 1. The highest BCUT2D eigenvalue weighted by molar-refractivity contribution is 5.77. The number of likely N-dealkylation sites (tertiary alicyclic amines) is 1. The third-order valence-corrected chi connectivity index (χ3v) is 3.51. The smallest absolute Gasteiger partial charge is 0.0920 e. The molecule has 0 aromatic carbocycles. The monoisotopic (exact) mass is 211 g/mol. The molecule has 1 saturated heterocycles. The van der Waals surface area contributed by atoms with Gasteiger partial charge in [-0.25, -0.2) is 0 Å². The Morgan fingerprint density at radius 2 is 2.07 bits per heavy atom. The van der Waals surface area contributed by atoms with Gasteiger partial charge in [-0.05, 0) is 44.7 Å². The van der Waals surface area contributed by atoms with E-state index in [0.29, 0.717) is 23.7 Å². The van der Waals surface area contributed by atoms with Gasteiger partial charge in [0.25, 0.3) is 0 Å². The molecule has 3 N–H and O–H groups in total. The van der Waals surface area contributed by atoms with Crippen LogP contribution < -0.4 is 5.73 Å². The minimum absolute atomic E-state index is 0.311. The highest BCUT2D eigenvalue weighted by Gasteiger charge is 2.25. The molecule has 0 radical (unpaired) electrons. The van der Waals surface area contributed by atoms with E-state index in [1.807, 2.05) is 0 Å². The molecule has 1 unspecified atom stereocenters. The molecular formula is C12H25N3. The zero-order chi connectivity index (χ0) is 11.5. The molecule has 3 nitrogen and oxygen atoms in total. The van der Waals surface area contributed by atoms with Gasteiger partial charge in [0.2, 0.25) is 0 Å². The fourth-order valence-electron chi connectivity index (χ4n) is 2.33. The summed E-state index contributed by atoms with van der Waals surface area (Å²) < 4.78 is 0. The normalized spacial score (nSPS) is 24.5. The van der Waals surface area contributed by atoms with Gasteiger partial charge in [-0.15, -0.1) is 0 Å². The molecule has 0 saturated carbocycles. The average Bonchev–Trinajstić information content (AvgIpc) is 2.25. The first kappa shape index (κ1) is 12.5. The van der Waals surface area contributed by atoms with Crippen molar-refractivity contribution in [2.75, 3.05) is 13.1 Å². The minimum atomic E-state index is 0.311. The molecule has 0 aromatic heterocycles. The van der Waals surface area contributed by atoms with Crippen molar-refractivity contribution < 1.29 is 0 Å². The van der Waals surface area contributed by atoms with E-state index in [-0.39, 0.29) is 0 Å². The first-order chi connectivity index (χ1) is 6.91. The van der Waals surface area contributed by atoms with Gasteiger partial charge in [-0.3, -0.25) is 5.41 Å². The summed E-state index contributed by atoms with van der Waals surface area (Å²) >= 11 is 0. The number of nitrogens with zero attached hydrogens (tertiary/aromatic N) is 1. The Labute approximate surface area is 93.5 Å². The molecule has 0 aliphatic carbocycles. The van der Waals surface area contributed by atoms with Crippen molar-refractivity contribution in [2.24, 2.45) is 11.1 Å². The molecule has 3 heteroatoms. The van der Waals surface area contributed by atoms with Crippen molar-refractivity contribution in [3.8, 4) is 0 Å². The lowest BCUT2D eigenvalue weighted by Crippen LogP contribution is -2.37. The first-order valence-corrected chi connectivity index (χ1v) is 5.98. The minimum Gasteiger partial charge on any atom is -0.388 e. The van der Waals surface area contributed by atoms with Gasteiger partial charge in [0.05, 0.1) is 5.84 Å². The lowest BCUT2D eigenvalue weighted by Gasteiger charge is -2.28. The van der Waals surface area contributed by atoms with Gasteiger partial charge in [-0.1, -0.05) is 13.8 Å². The van der Waals surface area contributed by atoms with E-state index < -0.39 is 0 Å². The number of rotatable bonds is 3. The molecule has 0 bridgehead atoms. The number of nitrogens with two attached hydrogens (primary N) is 1. The van der Waals surface area contributed by atoms with Gasteiger partial charge in [0.1, 0.15) is 0 Å². The Morgan fingerprint density at radius 1 is 1.40 bits per heavy atom. The molecule has 1 aliphatic heterocycles. The Hall–Kier alpha value is -0.570. The summed E-state index contributed by atoms with van der Waals surface area (Å²) in [5.74, 6) is 0.311. The molecule has 1 aliphatic rings. The average molecular weight is 211 g/mol. The third kappa shape index (κ3) is 4.20. The Kier molecular flexibility index (Phi) is 4.14. The number of hydrogen-bond acceptors (Lipinski definition) is 2. The van der Waals surface area contributed by atoms with E-state index in [9.17, 15) is 0 Å². The second-order valence-electron chi connectivity index (χ2n) is 5.63. The molecule has 1 heterocycles. The van der Waals surface area contributed by atoms with Crippen LogP contribution in [0.3, 0.4) is 0 Å². The summed E-state index contributed by atoms with van der Waals surface area (Å²) in [6.07, 6.45) is 4.56. The molecule has 1 atom stereocenters. The molecule has 0 spiro atoms. The lowest BCUT2D eigenvalue weighted by molar-refractivity contribution is 0.210. The van der Waals surface area contributed by atoms with Crippen LogP contribution in [-0.2, 0) is 0 Å². The second kappa shape index (κ2) is 4.97. The number of hydrogen-bond donors (Lipinski definition) is 2. The topological polar surface area (TPSA) is 53.1 Å². The van der Waals surface area contributed by atoms with E-state index in [4.69, 9.17) is 11.1 Å². The second-order valence-corrected chi connectivity index (χ2v) is 5.63. The highest BCUT2D eigenvalue weighted by Crippen LogP contribution is 2.30. The first-order valence-electron chi connectivity index (χ1n) is 5.98. The molecular weight excluding hydrogens is 186 g/mol. The Balaban J connectivity index is 2.46. The zero-order valence-corrected chi connectivity index (χ0v) is 10.3. The number of amidine groups is 1. The summed E-state index contributed by atoms with van der Waals surface area (Å²) in [5, 5.41) is 7.33. The fourth-order valence-corrected chi connectivity index (χ4v) is 2.33. The summed E-state index contributed by atoms with van der Waals surface area (Å²) in [7, 11) is 0. The summed E-state index contributed by atoms with van der Waals surface area (Å²) in [5.41, 5.74) is 5.94. The van der Waals surface area contributed by atoms with Crippen LogP contribution in [0.15, 0.2) is 0 Å². The molecule has 0 amide bonds. The highest BCUT2D eigenvalue weighted by atomic mass is 15.2. The maximum Gasteiger partial charge on any atom is 0.0920 e. The fraction of sp³-hybridized carbons (Fsp3) is 0.917. The molecule has 0 aromatic rings. The predicted octanol–water partition coefficient (Wildman–Crippen LogP) is 2.21. The third-order valence-electron chi connectivity index (χ3n) is 3.51. The zero-order valence-electron chi connectivity index (χ0n) is 10.3. The van der Waals surface area contributed by atoms with E-state index in [2.05, 4.69) is 25.7 Å². The van der Waals surface area contributed by atoms with Crippen LogP contribution in [0.1, 0.15) is 46.5 Å². The maximum atomic E-state index is 7.33. The predicted molar refractivity (Wildman–Crippen MR) is 65.2 cm³/mol. The lowest BCUT2D eigenvalue weighted by atomic mass is 9.85. The van der Waals surface area contributed by atoms with Crippen molar-refractivity contribution in [2.45, 2.75) is 52.5 Å². The Morgan fingerprint density at radius 3 is 2.67 bits per heavy atom. The molecule has 1 fully saturated rings. The quantitative estimate of drug-likeness (QED) is 0.555. The summed E-state index contributed by atoms with van der Waals surface area (Å²) in [4.78, 5) is 2.48. The molecule has 88 valence electrons. The van der Waals surface area contributed by atoms with Gasteiger partial charge in [0.15, 0.2) is 0 Å². The van der Waals surface area contributed by atoms with Crippen LogP contribution in [0.2, 0.25) is 0 Å². The van der Waals surface area contributed by atoms with Gasteiger partial charge >= 0.3 is 0 Å². The van der Waals surface area contributed by atoms with Crippen molar-refractivity contribution in [1.29, 1.82) is 5.41 Å². The van der Waals surface area contributed by atoms with E-state index in [0.717, 1.165) is 13.1 Å². The van der Waals surface area contributed by atoms with Crippen LogP contribution in [0.25, 0.3) is 0 Å². The van der Waals surface area contributed by atoms with Crippen LogP contribution in [0.4, 0.5) is 0 Å². The van der Waals surface area contributed by atoms with Crippen molar-refractivity contribution in [1.82, 2.24) is 4.90 Å². The van der Waals surface area contributed by atoms with Gasteiger partial charge in [0, 0.05) is 12.5 Å². The Bertz CT molecular complexity index is 223. The SMILES string of the molecule is CC(CC(=N)N)N1CCCC(C)(C)CC1. The van der Waals surface area contributed by atoms with E-state index >= 15 is 0 Å². The van der Waals surface area contributed by atoms with Gasteiger partial charge in [-0.2, -0.15) is 0 Å². The maximum absolute atomic E-state index is 7.33. The van der Waals surface area contributed by atoms with Crippen molar-refractivity contribution in [3.05, 3.63) is 0 Å². The summed E-state index contributed by atoms with van der Waals surface area (Å²) in [6.45, 7) is 9.21. The largest absolute Gasteiger partial charge is 0.388 e. The van der Waals surface area contributed by atoms with E-state index in [1.54, 1.807) is 0 Å². The van der Waals surface area contributed by atoms with Crippen LogP contribution >= 0.6 is 0 Å². The standard InChI is InChI=1S/C12H25N3/c1-10(9-11(13)14)15-7-4-5-12(2,3)6-8-15/h10H,4-9H2,1-3H3,(H3,13,14). The molecule has 15 heavy (non-hydrogen) atoms. The van der Waals surface area contributed by atoms with Crippen LogP contribution in [-0.4, -0.2) is 29.9 Å². The van der Waals surface area contributed by atoms with Crippen LogP contribution in [0.5, 0.6) is 0 Å². The van der Waals surface area contributed by atoms with Crippen molar-refractivity contribution in [3.63, 3.8) is 0 Å². The van der Waals surface area contributed by atoms with Gasteiger partial charge < -0.3 is 10.6 Å².